The van der Waals surface area contributed by atoms with Crippen molar-refractivity contribution in [2.75, 3.05) is 24.6 Å². The Hall–Kier alpha value is -2.94. The number of thiophene rings is 1. The second-order valence-electron chi connectivity index (χ2n) is 6.79. The van der Waals surface area contributed by atoms with Crippen molar-refractivity contribution in [3.05, 3.63) is 56.3 Å². The van der Waals surface area contributed by atoms with Crippen LogP contribution in [0.3, 0.4) is 0 Å². The molecule has 2 heterocycles. The lowest BCUT2D eigenvalue weighted by Crippen LogP contribution is -2.28. The predicted octanol–water partition coefficient (Wildman–Crippen LogP) is 3.51. The summed E-state index contributed by atoms with van der Waals surface area (Å²) in [7, 11) is 0. The number of nitrogens with zero attached hydrogens (tertiary/aromatic N) is 2. The highest BCUT2D eigenvalue weighted by Gasteiger charge is 2.23. The smallest absolute Gasteiger partial charge is 0.338 e. The molecule has 1 aliphatic rings. The van der Waals surface area contributed by atoms with Gasteiger partial charge in [-0.1, -0.05) is 18.9 Å². The standard InChI is InChI=1S/C20H23N3O5S/c24-19(21-13-16-6-5-11-29-16)14-28-20(25)15-7-8-17(18(12-15)23(26)27)22-9-3-1-2-4-10-22/h5-8,11-12H,1-4,9-10,13-14H2,(H,21,24). The highest BCUT2D eigenvalue weighted by molar-refractivity contribution is 7.09. The summed E-state index contributed by atoms with van der Waals surface area (Å²) < 4.78 is 5.02. The van der Waals surface area contributed by atoms with Gasteiger partial charge in [0, 0.05) is 24.0 Å². The van der Waals surface area contributed by atoms with E-state index in [2.05, 4.69) is 5.32 Å². The molecule has 3 rings (SSSR count). The first-order valence-corrected chi connectivity index (χ1v) is 10.4. The van der Waals surface area contributed by atoms with Crippen molar-refractivity contribution in [1.29, 1.82) is 0 Å². The third-order valence-corrected chi connectivity index (χ3v) is 5.61. The number of carbonyl (C=O) groups excluding carboxylic acids is 2. The molecule has 9 heteroatoms. The number of esters is 1. The molecule has 1 saturated heterocycles. The lowest BCUT2D eigenvalue weighted by atomic mass is 10.1. The van der Waals surface area contributed by atoms with E-state index >= 15 is 0 Å². The Morgan fingerprint density at radius 1 is 1.17 bits per heavy atom. The summed E-state index contributed by atoms with van der Waals surface area (Å²) in [6, 6.07) is 8.11. The topological polar surface area (TPSA) is 102 Å². The van der Waals surface area contributed by atoms with Crippen molar-refractivity contribution < 1.29 is 19.2 Å². The van der Waals surface area contributed by atoms with E-state index < -0.39 is 23.4 Å². The summed E-state index contributed by atoms with van der Waals surface area (Å²) in [5, 5.41) is 16.1. The van der Waals surface area contributed by atoms with Crippen LogP contribution in [0.1, 0.15) is 40.9 Å². The second kappa shape index (κ2) is 10.0. The number of carbonyl (C=O) groups is 2. The zero-order chi connectivity index (χ0) is 20.6. The molecule has 1 aromatic carbocycles. The van der Waals surface area contributed by atoms with Crippen LogP contribution in [-0.4, -0.2) is 36.5 Å². The van der Waals surface area contributed by atoms with Crippen molar-refractivity contribution >= 4 is 34.6 Å². The number of hydrogen-bond acceptors (Lipinski definition) is 7. The number of ether oxygens (including phenoxy) is 1. The average molecular weight is 417 g/mol. The minimum atomic E-state index is -0.762. The van der Waals surface area contributed by atoms with Crippen molar-refractivity contribution in [3.63, 3.8) is 0 Å². The first-order valence-electron chi connectivity index (χ1n) is 9.54. The SMILES string of the molecule is O=C(COC(=O)c1ccc(N2CCCCCC2)c([N+](=O)[O-])c1)NCc1cccs1. The molecule has 154 valence electrons. The van der Waals surface area contributed by atoms with Gasteiger partial charge in [-0.2, -0.15) is 0 Å². The normalized spacial score (nSPS) is 14.1. The Morgan fingerprint density at radius 3 is 2.59 bits per heavy atom. The quantitative estimate of drug-likeness (QED) is 0.420. The van der Waals surface area contributed by atoms with Gasteiger partial charge >= 0.3 is 5.97 Å². The minimum absolute atomic E-state index is 0.0568. The average Bonchev–Trinajstić information content (AvgIpc) is 3.10. The van der Waals surface area contributed by atoms with Gasteiger partial charge in [-0.25, -0.2) is 4.79 Å². The van der Waals surface area contributed by atoms with Gasteiger partial charge in [0.05, 0.1) is 17.0 Å². The molecule has 1 N–H and O–H groups in total. The van der Waals surface area contributed by atoms with Gasteiger partial charge in [0.1, 0.15) is 5.69 Å². The lowest BCUT2D eigenvalue weighted by molar-refractivity contribution is -0.384. The monoisotopic (exact) mass is 417 g/mol. The molecule has 0 saturated carbocycles. The summed E-state index contributed by atoms with van der Waals surface area (Å²) >= 11 is 1.51. The summed E-state index contributed by atoms with van der Waals surface area (Å²) in [6.07, 6.45) is 4.20. The van der Waals surface area contributed by atoms with Crippen LogP contribution in [0.25, 0.3) is 0 Å². The van der Waals surface area contributed by atoms with Gasteiger partial charge in [-0.3, -0.25) is 14.9 Å². The molecular weight excluding hydrogens is 394 g/mol. The zero-order valence-electron chi connectivity index (χ0n) is 16.0. The largest absolute Gasteiger partial charge is 0.452 e. The molecule has 1 aromatic heterocycles. The molecule has 0 radical (unpaired) electrons. The van der Waals surface area contributed by atoms with Crippen molar-refractivity contribution in [3.8, 4) is 0 Å². The van der Waals surface area contributed by atoms with Gasteiger partial charge in [-0.05, 0) is 36.4 Å². The number of hydrogen-bond donors (Lipinski definition) is 1. The van der Waals surface area contributed by atoms with Gasteiger partial charge in [0.2, 0.25) is 0 Å². The van der Waals surface area contributed by atoms with Crippen LogP contribution in [0.4, 0.5) is 11.4 Å². The minimum Gasteiger partial charge on any atom is -0.452 e. The van der Waals surface area contributed by atoms with Crippen LogP contribution < -0.4 is 10.2 Å². The summed E-state index contributed by atoms with van der Waals surface area (Å²) in [5.41, 5.74) is 0.451. The number of amides is 1. The number of anilines is 1. The molecule has 0 unspecified atom stereocenters. The first-order chi connectivity index (χ1) is 14.0. The zero-order valence-corrected chi connectivity index (χ0v) is 16.8. The van der Waals surface area contributed by atoms with E-state index in [0.29, 0.717) is 12.2 Å². The molecule has 2 aromatic rings. The van der Waals surface area contributed by atoms with E-state index in [1.54, 1.807) is 6.07 Å². The molecule has 1 aliphatic heterocycles. The van der Waals surface area contributed by atoms with Gasteiger partial charge < -0.3 is 15.0 Å². The molecular formula is C20H23N3O5S. The fraction of sp³-hybridized carbons (Fsp3) is 0.400. The molecule has 0 atom stereocenters. The van der Waals surface area contributed by atoms with Gasteiger partial charge in [0.25, 0.3) is 11.6 Å². The molecule has 0 aliphatic carbocycles. The Morgan fingerprint density at radius 2 is 1.93 bits per heavy atom. The predicted molar refractivity (Wildman–Crippen MR) is 110 cm³/mol. The van der Waals surface area contributed by atoms with E-state index in [1.165, 1.54) is 23.5 Å². The Labute approximate surface area is 172 Å². The Kier molecular flexibility index (Phi) is 7.18. The maximum atomic E-state index is 12.3. The number of rotatable bonds is 7. The molecule has 8 nitrogen and oxygen atoms in total. The fourth-order valence-corrected chi connectivity index (χ4v) is 3.88. The third kappa shape index (κ3) is 5.77. The second-order valence-corrected chi connectivity index (χ2v) is 7.83. The molecule has 1 amide bonds. The highest BCUT2D eigenvalue weighted by atomic mass is 32.1. The van der Waals surface area contributed by atoms with E-state index in [-0.39, 0.29) is 11.3 Å². The number of benzene rings is 1. The molecule has 29 heavy (non-hydrogen) atoms. The summed E-state index contributed by atoms with van der Waals surface area (Å²) in [4.78, 5) is 38.2. The molecule has 0 spiro atoms. The van der Waals surface area contributed by atoms with Crippen LogP contribution >= 0.6 is 11.3 Å². The van der Waals surface area contributed by atoms with E-state index in [1.807, 2.05) is 22.4 Å². The number of nitro groups is 1. The van der Waals surface area contributed by atoms with Crippen LogP contribution in [0.15, 0.2) is 35.7 Å². The maximum absolute atomic E-state index is 12.3. The van der Waals surface area contributed by atoms with Crippen molar-refractivity contribution in [2.45, 2.75) is 32.2 Å². The number of nitro benzene ring substituents is 1. The van der Waals surface area contributed by atoms with Crippen molar-refractivity contribution in [1.82, 2.24) is 5.32 Å². The van der Waals surface area contributed by atoms with Gasteiger partial charge in [0.15, 0.2) is 6.61 Å². The Bertz CT molecular complexity index is 861. The lowest BCUT2D eigenvalue weighted by Gasteiger charge is -2.22. The van der Waals surface area contributed by atoms with Gasteiger partial charge in [-0.15, -0.1) is 11.3 Å². The number of nitrogens with one attached hydrogen (secondary N) is 1. The molecule has 0 bridgehead atoms. The first kappa shape index (κ1) is 20.8. The Balaban J connectivity index is 1.61. The van der Waals surface area contributed by atoms with Crippen molar-refractivity contribution in [2.24, 2.45) is 0 Å². The maximum Gasteiger partial charge on any atom is 0.338 e. The van der Waals surface area contributed by atoms with Crippen LogP contribution in [-0.2, 0) is 16.1 Å². The van der Waals surface area contributed by atoms with E-state index in [0.717, 1.165) is 43.6 Å². The van der Waals surface area contributed by atoms with Crippen LogP contribution in [0.5, 0.6) is 0 Å². The van der Waals surface area contributed by atoms with E-state index in [9.17, 15) is 19.7 Å². The fourth-order valence-electron chi connectivity index (χ4n) is 3.24. The third-order valence-electron chi connectivity index (χ3n) is 4.73. The summed E-state index contributed by atoms with van der Waals surface area (Å²) in [5.74, 6) is -1.19. The van der Waals surface area contributed by atoms with E-state index in [4.69, 9.17) is 4.74 Å². The van der Waals surface area contributed by atoms with Crippen LogP contribution in [0.2, 0.25) is 0 Å². The molecule has 1 fully saturated rings. The summed E-state index contributed by atoms with van der Waals surface area (Å²) in [6.45, 7) is 1.44. The van der Waals surface area contributed by atoms with Crippen LogP contribution in [0, 0.1) is 10.1 Å². The highest BCUT2D eigenvalue weighted by Crippen LogP contribution is 2.31.